The molecule has 0 aromatic heterocycles. The zero-order valence-electron chi connectivity index (χ0n) is 13.9. The molecule has 0 bridgehead atoms. The van der Waals surface area contributed by atoms with Gasteiger partial charge < -0.3 is 14.2 Å². The van der Waals surface area contributed by atoms with Crippen LogP contribution in [0.5, 0.6) is 11.5 Å². The van der Waals surface area contributed by atoms with Crippen LogP contribution in [0, 0.1) is 12.3 Å². The number of ether oxygens (including phenoxy) is 3. The molecule has 0 unspecified atom stereocenters. The van der Waals surface area contributed by atoms with Crippen molar-refractivity contribution in [1.82, 2.24) is 4.90 Å². The molecule has 2 rings (SSSR count). The number of esters is 1. The first-order valence-corrected chi connectivity index (χ1v) is 8.78. The average molecular weight is 440 g/mol. The minimum absolute atomic E-state index is 0.0779. The van der Waals surface area contributed by atoms with Crippen molar-refractivity contribution in [3.63, 3.8) is 0 Å². The largest absolute Gasteiger partial charge is 0.493 e. The Hall–Kier alpha value is -2.44. The van der Waals surface area contributed by atoms with Crippen molar-refractivity contribution in [2.75, 3.05) is 27.4 Å². The molecule has 0 saturated carbocycles. The van der Waals surface area contributed by atoms with Crippen molar-refractivity contribution in [3.8, 4) is 23.8 Å². The smallest absolute Gasteiger partial charge is 0.325 e. The van der Waals surface area contributed by atoms with Crippen LogP contribution in [0.2, 0.25) is 0 Å². The molecule has 26 heavy (non-hydrogen) atoms. The lowest BCUT2D eigenvalue weighted by Crippen LogP contribution is -2.34. The highest BCUT2D eigenvalue weighted by Gasteiger charge is 2.36. The standard InChI is InChI=1S/C17H14BrNO6S/c1-4-5-25-13-8-11(18)10(6-12(13)23-2)7-14-16(21)19(17(22)26-14)9-15(20)24-3/h1,6-8H,5,9H2,2-3H3. The summed E-state index contributed by atoms with van der Waals surface area (Å²) in [5, 5.41) is -0.538. The number of rotatable bonds is 6. The van der Waals surface area contributed by atoms with E-state index in [1.54, 1.807) is 12.1 Å². The fraction of sp³-hybridized carbons (Fsp3) is 0.235. The van der Waals surface area contributed by atoms with Crippen molar-refractivity contribution in [3.05, 3.63) is 27.1 Å². The molecular formula is C17H14BrNO6S. The second kappa shape index (κ2) is 8.78. The van der Waals surface area contributed by atoms with E-state index in [-0.39, 0.29) is 11.5 Å². The topological polar surface area (TPSA) is 82.1 Å². The van der Waals surface area contributed by atoms with Crippen LogP contribution in [0.15, 0.2) is 21.5 Å². The van der Waals surface area contributed by atoms with Gasteiger partial charge in [-0.1, -0.05) is 21.9 Å². The van der Waals surface area contributed by atoms with E-state index in [0.29, 0.717) is 21.5 Å². The quantitative estimate of drug-likeness (QED) is 0.382. The number of thioether (sulfide) groups is 1. The van der Waals surface area contributed by atoms with E-state index in [1.165, 1.54) is 20.3 Å². The molecule has 1 aromatic carbocycles. The summed E-state index contributed by atoms with van der Waals surface area (Å²) in [6, 6.07) is 3.30. The summed E-state index contributed by atoms with van der Waals surface area (Å²) in [7, 11) is 2.66. The maximum absolute atomic E-state index is 12.4. The predicted octanol–water partition coefficient (Wildman–Crippen LogP) is 2.68. The Labute approximate surface area is 162 Å². The number of amides is 2. The van der Waals surface area contributed by atoms with Gasteiger partial charge in [0.15, 0.2) is 11.5 Å². The lowest BCUT2D eigenvalue weighted by molar-refractivity contribution is -0.143. The average Bonchev–Trinajstić information content (AvgIpc) is 2.88. The van der Waals surface area contributed by atoms with E-state index in [9.17, 15) is 14.4 Å². The summed E-state index contributed by atoms with van der Waals surface area (Å²) in [6.45, 7) is -0.351. The van der Waals surface area contributed by atoms with E-state index < -0.39 is 23.7 Å². The molecule has 7 nitrogen and oxygen atoms in total. The first-order valence-electron chi connectivity index (χ1n) is 7.17. The fourth-order valence-electron chi connectivity index (χ4n) is 2.02. The number of benzene rings is 1. The van der Waals surface area contributed by atoms with Gasteiger partial charge >= 0.3 is 5.97 Å². The summed E-state index contributed by atoms with van der Waals surface area (Å²) >= 11 is 4.13. The molecule has 1 heterocycles. The number of methoxy groups -OCH3 is 2. The van der Waals surface area contributed by atoms with Crippen LogP contribution in [0.4, 0.5) is 4.79 Å². The zero-order valence-corrected chi connectivity index (χ0v) is 16.3. The molecule has 0 atom stereocenters. The molecule has 2 amide bonds. The SMILES string of the molecule is C#CCOc1cc(Br)c(C=C2SC(=O)N(CC(=O)OC)C2=O)cc1OC. The first-order chi connectivity index (χ1) is 12.4. The van der Waals surface area contributed by atoms with Crippen molar-refractivity contribution >= 4 is 50.9 Å². The van der Waals surface area contributed by atoms with E-state index >= 15 is 0 Å². The molecule has 0 spiro atoms. The van der Waals surface area contributed by atoms with Crippen molar-refractivity contribution in [1.29, 1.82) is 0 Å². The van der Waals surface area contributed by atoms with Gasteiger partial charge in [0.05, 0.1) is 19.1 Å². The highest BCUT2D eigenvalue weighted by atomic mass is 79.9. The van der Waals surface area contributed by atoms with Crippen LogP contribution >= 0.6 is 27.7 Å². The van der Waals surface area contributed by atoms with Gasteiger partial charge in [0.25, 0.3) is 11.1 Å². The number of carbonyl (C=O) groups is 3. The molecular weight excluding hydrogens is 426 g/mol. The molecule has 0 radical (unpaired) electrons. The third-order valence-electron chi connectivity index (χ3n) is 3.27. The maximum Gasteiger partial charge on any atom is 0.325 e. The second-order valence-electron chi connectivity index (χ2n) is 4.86. The fourth-order valence-corrected chi connectivity index (χ4v) is 3.29. The Morgan fingerprint density at radius 3 is 2.69 bits per heavy atom. The number of carbonyl (C=O) groups excluding carboxylic acids is 3. The van der Waals surface area contributed by atoms with Crippen molar-refractivity contribution in [2.24, 2.45) is 0 Å². The third-order valence-corrected chi connectivity index (χ3v) is 4.86. The maximum atomic E-state index is 12.4. The summed E-state index contributed by atoms with van der Waals surface area (Å²) in [6.07, 6.45) is 6.71. The molecule has 1 aliphatic heterocycles. The van der Waals surface area contributed by atoms with Crippen LogP contribution in [0.1, 0.15) is 5.56 Å². The lowest BCUT2D eigenvalue weighted by Gasteiger charge is -2.11. The van der Waals surface area contributed by atoms with Gasteiger partial charge in [0, 0.05) is 4.47 Å². The molecule has 0 N–H and O–H groups in total. The van der Waals surface area contributed by atoms with E-state index in [2.05, 4.69) is 26.6 Å². The van der Waals surface area contributed by atoms with Crippen LogP contribution in [0.3, 0.4) is 0 Å². The van der Waals surface area contributed by atoms with Gasteiger partial charge in [-0.05, 0) is 35.5 Å². The second-order valence-corrected chi connectivity index (χ2v) is 6.71. The first kappa shape index (κ1) is 19.9. The summed E-state index contributed by atoms with van der Waals surface area (Å²) < 4.78 is 15.8. The molecule has 136 valence electrons. The van der Waals surface area contributed by atoms with Crippen molar-refractivity contribution in [2.45, 2.75) is 0 Å². The number of terminal acetylenes is 1. The Balaban J connectivity index is 2.32. The van der Waals surface area contributed by atoms with Crippen molar-refractivity contribution < 1.29 is 28.6 Å². The number of hydrogen-bond acceptors (Lipinski definition) is 7. The van der Waals surface area contributed by atoms with E-state index in [4.69, 9.17) is 15.9 Å². The molecule has 9 heteroatoms. The van der Waals surface area contributed by atoms with Crippen LogP contribution in [-0.2, 0) is 14.3 Å². The van der Waals surface area contributed by atoms with Crippen LogP contribution in [-0.4, -0.2) is 49.4 Å². The van der Waals surface area contributed by atoms with Gasteiger partial charge in [-0.2, -0.15) is 0 Å². The Kier molecular flexibility index (Phi) is 6.71. The lowest BCUT2D eigenvalue weighted by atomic mass is 10.2. The van der Waals surface area contributed by atoms with Gasteiger partial charge in [0.2, 0.25) is 0 Å². The third kappa shape index (κ3) is 4.39. The molecule has 1 fully saturated rings. The van der Waals surface area contributed by atoms with Gasteiger partial charge in [-0.3, -0.25) is 19.3 Å². The zero-order chi connectivity index (χ0) is 19.3. The monoisotopic (exact) mass is 439 g/mol. The number of hydrogen-bond donors (Lipinski definition) is 0. The Morgan fingerprint density at radius 1 is 1.35 bits per heavy atom. The molecule has 1 aliphatic rings. The summed E-state index contributed by atoms with van der Waals surface area (Å²) in [4.78, 5) is 36.7. The molecule has 1 aromatic rings. The number of nitrogens with zero attached hydrogens (tertiary/aromatic N) is 1. The Bertz CT molecular complexity index is 829. The van der Waals surface area contributed by atoms with Crippen LogP contribution in [0.25, 0.3) is 6.08 Å². The summed E-state index contributed by atoms with van der Waals surface area (Å²) in [5.74, 6) is 1.98. The van der Waals surface area contributed by atoms with Gasteiger partial charge in [-0.15, -0.1) is 6.42 Å². The normalized spacial score (nSPS) is 15.2. The van der Waals surface area contributed by atoms with Gasteiger partial charge in [-0.25, -0.2) is 0 Å². The van der Waals surface area contributed by atoms with E-state index in [0.717, 1.165) is 16.7 Å². The number of halogens is 1. The van der Waals surface area contributed by atoms with E-state index in [1.807, 2.05) is 0 Å². The minimum atomic E-state index is -0.675. The molecule has 1 saturated heterocycles. The minimum Gasteiger partial charge on any atom is -0.493 e. The predicted molar refractivity (Wildman–Crippen MR) is 99.7 cm³/mol. The number of imide groups is 1. The van der Waals surface area contributed by atoms with Crippen LogP contribution < -0.4 is 9.47 Å². The highest BCUT2D eigenvalue weighted by Crippen LogP contribution is 2.37. The highest BCUT2D eigenvalue weighted by molar-refractivity contribution is 9.10. The Morgan fingerprint density at radius 2 is 2.08 bits per heavy atom. The summed E-state index contributed by atoms with van der Waals surface area (Å²) in [5.41, 5.74) is 0.596. The van der Waals surface area contributed by atoms with Gasteiger partial charge in [0.1, 0.15) is 13.2 Å². The molecule has 0 aliphatic carbocycles.